The zero-order chi connectivity index (χ0) is 20.7. The van der Waals surface area contributed by atoms with Crippen molar-refractivity contribution in [3.8, 4) is 11.5 Å². The minimum atomic E-state index is -4.07. The highest BCUT2D eigenvalue weighted by Gasteiger charge is 2.18. The standard InChI is InChI=1S/C18H21N3O6S/c1-12-4-6-14(7-5-12)27-11-18(23)20-21-28(24,25)15-8-9-17(26-3)16(10-15)19-13(2)22/h4-10,21H,11H2,1-3H3,(H,19,22)(H,20,23). The van der Waals surface area contributed by atoms with E-state index in [1.54, 1.807) is 12.1 Å². The first-order valence-corrected chi connectivity index (χ1v) is 9.65. The topological polar surface area (TPSA) is 123 Å². The maximum absolute atomic E-state index is 12.4. The Morgan fingerprint density at radius 1 is 1.07 bits per heavy atom. The Labute approximate surface area is 163 Å². The maximum atomic E-state index is 12.4. The van der Waals surface area contributed by atoms with E-state index < -0.39 is 15.9 Å². The number of amides is 2. The predicted octanol–water partition coefficient (Wildman–Crippen LogP) is 1.35. The number of carbonyl (C=O) groups is 2. The van der Waals surface area contributed by atoms with Gasteiger partial charge in [-0.05, 0) is 37.3 Å². The number of carbonyl (C=O) groups excluding carboxylic acids is 2. The van der Waals surface area contributed by atoms with Crippen LogP contribution < -0.4 is 25.0 Å². The van der Waals surface area contributed by atoms with Gasteiger partial charge in [0.15, 0.2) is 6.61 Å². The van der Waals surface area contributed by atoms with Gasteiger partial charge in [-0.1, -0.05) is 17.7 Å². The molecule has 0 aromatic heterocycles. The summed E-state index contributed by atoms with van der Waals surface area (Å²) in [5.74, 6) is -0.287. The molecule has 28 heavy (non-hydrogen) atoms. The molecule has 0 unspecified atom stereocenters. The maximum Gasteiger partial charge on any atom is 0.272 e. The highest BCUT2D eigenvalue weighted by atomic mass is 32.2. The van der Waals surface area contributed by atoms with E-state index in [0.29, 0.717) is 11.5 Å². The lowest BCUT2D eigenvalue weighted by atomic mass is 10.2. The number of aryl methyl sites for hydroxylation is 1. The highest BCUT2D eigenvalue weighted by molar-refractivity contribution is 7.89. The first-order chi connectivity index (χ1) is 13.2. The monoisotopic (exact) mass is 407 g/mol. The molecule has 2 rings (SSSR count). The van der Waals surface area contributed by atoms with Crippen LogP contribution in [0.5, 0.6) is 11.5 Å². The Kier molecular flexibility index (Phi) is 6.96. The molecule has 150 valence electrons. The van der Waals surface area contributed by atoms with E-state index in [2.05, 4.69) is 10.7 Å². The van der Waals surface area contributed by atoms with Gasteiger partial charge < -0.3 is 14.8 Å². The predicted molar refractivity (Wildman–Crippen MR) is 102 cm³/mol. The van der Waals surface area contributed by atoms with Crippen molar-refractivity contribution in [3.63, 3.8) is 0 Å². The summed E-state index contributed by atoms with van der Waals surface area (Å²) >= 11 is 0. The molecular weight excluding hydrogens is 386 g/mol. The number of rotatable bonds is 8. The third-order valence-corrected chi connectivity index (χ3v) is 4.75. The van der Waals surface area contributed by atoms with Crippen LogP contribution in [-0.2, 0) is 19.6 Å². The first kappa shape index (κ1) is 21.2. The number of hydrogen-bond donors (Lipinski definition) is 3. The van der Waals surface area contributed by atoms with E-state index in [4.69, 9.17) is 9.47 Å². The summed E-state index contributed by atoms with van der Waals surface area (Å²) in [6.45, 7) is 2.83. The number of sulfonamides is 1. The Bertz CT molecular complexity index is 958. The van der Waals surface area contributed by atoms with Crippen molar-refractivity contribution in [1.82, 2.24) is 10.3 Å². The van der Waals surface area contributed by atoms with Gasteiger partial charge in [-0.2, -0.15) is 0 Å². The Morgan fingerprint density at radius 2 is 1.75 bits per heavy atom. The molecule has 9 nitrogen and oxygen atoms in total. The van der Waals surface area contributed by atoms with Gasteiger partial charge in [-0.3, -0.25) is 15.0 Å². The molecule has 0 atom stereocenters. The lowest BCUT2D eigenvalue weighted by Gasteiger charge is -2.13. The van der Waals surface area contributed by atoms with Crippen molar-refractivity contribution in [2.75, 3.05) is 19.0 Å². The molecule has 0 saturated carbocycles. The number of benzene rings is 2. The Hall–Kier alpha value is -3.11. The summed E-state index contributed by atoms with van der Waals surface area (Å²) < 4.78 is 35.1. The number of nitrogens with one attached hydrogen (secondary N) is 3. The third-order valence-electron chi connectivity index (χ3n) is 3.51. The van der Waals surface area contributed by atoms with Crippen molar-refractivity contribution in [2.24, 2.45) is 0 Å². The molecule has 0 aliphatic heterocycles. The molecule has 2 aromatic rings. The zero-order valence-corrected chi connectivity index (χ0v) is 16.4. The number of ether oxygens (including phenoxy) is 2. The van der Waals surface area contributed by atoms with Crippen molar-refractivity contribution >= 4 is 27.5 Å². The van der Waals surface area contributed by atoms with E-state index >= 15 is 0 Å². The van der Waals surface area contributed by atoms with Crippen LogP contribution in [0.4, 0.5) is 5.69 Å². The molecule has 0 fully saturated rings. The summed E-state index contributed by atoms with van der Waals surface area (Å²) in [6, 6.07) is 10.9. The zero-order valence-electron chi connectivity index (χ0n) is 15.6. The van der Waals surface area contributed by atoms with E-state index in [-0.39, 0.29) is 23.1 Å². The Balaban J connectivity index is 1.99. The summed E-state index contributed by atoms with van der Waals surface area (Å²) in [7, 11) is -2.68. The molecule has 0 bridgehead atoms. The Morgan fingerprint density at radius 3 is 2.36 bits per heavy atom. The smallest absolute Gasteiger partial charge is 0.272 e. The molecule has 3 N–H and O–H groups in total. The fourth-order valence-corrected chi connectivity index (χ4v) is 3.03. The lowest BCUT2D eigenvalue weighted by molar-refractivity contribution is -0.123. The van der Waals surface area contributed by atoms with Crippen LogP contribution >= 0.6 is 0 Å². The normalized spacial score (nSPS) is 10.8. The number of methoxy groups -OCH3 is 1. The van der Waals surface area contributed by atoms with Gasteiger partial charge in [0.2, 0.25) is 5.91 Å². The molecule has 0 spiro atoms. The number of hydrazine groups is 1. The second kappa shape index (κ2) is 9.20. The van der Waals surface area contributed by atoms with Crippen LogP contribution in [0.2, 0.25) is 0 Å². The molecule has 0 aliphatic carbocycles. The minimum Gasteiger partial charge on any atom is -0.495 e. The summed E-state index contributed by atoms with van der Waals surface area (Å²) in [6.07, 6.45) is 0. The van der Waals surface area contributed by atoms with Crippen molar-refractivity contribution in [3.05, 3.63) is 48.0 Å². The molecule has 0 aliphatic rings. The van der Waals surface area contributed by atoms with Gasteiger partial charge in [0, 0.05) is 6.92 Å². The second-order valence-electron chi connectivity index (χ2n) is 5.80. The highest BCUT2D eigenvalue weighted by Crippen LogP contribution is 2.27. The van der Waals surface area contributed by atoms with E-state index in [0.717, 1.165) is 5.56 Å². The summed E-state index contributed by atoms with van der Waals surface area (Å²) in [4.78, 5) is 24.9. The van der Waals surface area contributed by atoms with Gasteiger partial charge in [-0.25, -0.2) is 8.42 Å². The van der Waals surface area contributed by atoms with Crippen LogP contribution in [-0.4, -0.2) is 33.9 Å². The van der Waals surface area contributed by atoms with Crippen LogP contribution in [0.1, 0.15) is 12.5 Å². The first-order valence-electron chi connectivity index (χ1n) is 8.17. The van der Waals surface area contributed by atoms with Crippen LogP contribution in [0.15, 0.2) is 47.4 Å². The number of hydrogen-bond acceptors (Lipinski definition) is 6. The summed E-state index contributed by atoms with van der Waals surface area (Å²) in [5.41, 5.74) is 3.30. The molecule has 0 radical (unpaired) electrons. The summed E-state index contributed by atoms with van der Waals surface area (Å²) in [5, 5.41) is 2.48. The second-order valence-corrected chi connectivity index (χ2v) is 7.48. The average molecular weight is 407 g/mol. The van der Waals surface area contributed by atoms with Gasteiger partial charge in [-0.15, -0.1) is 4.83 Å². The van der Waals surface area contributed by atoms with Crippen molar-refractivity contribution in [2.45, 2.75) is 18.7 Å². The fourth-order valence-electron chi connectivity index (χ4n) is 2.14. The van der Waals surface area contributed by atoms with Crippen molar-refractivity contribution in [1.29, 1.82) is 0 Å². The third kappa shape index (κ3) is 5.96. The molecule has 0 saturated heterocycles. The minimum absolute atomic E-state index is 0.170. The van der Waals surface area contributed by atoms with Crippen LogP contribution in [0.3, 0.4) is 0 Å². The quantitative estimate of drug-likeness (QED) is 0.568. The van der Waals surface area contributed by atoms with E-state index in [1.165, 1.54) is 32.2 Å². The van der Waals surface area contributed by atoms with Gasteiger partial charge in [0.25, 0.3) is 15.9 Å². The van der Waals surface area contributed by atoms with Gasteiger partial charge in [0.05, 0.1) is 17.7 Å². The number of anilines is 1. The molecular formula is C18H21N3O6S. The molecule has 2 aromatic carbocycles. The SMILES string of the molecule is COc1ccc(S(=O)(=O)NNC(=O)COc2ccc(C)cc2)cc1NC(C)=O. The fraction of sp³-hybridized carbons (Fsp3) is 0.222. The average Bonchev–Trinajstić information content (AvgIpc) is 2.65. The van der Waals surface area contributed by atoms with Crippen LogP contribution in [0.25, 0.3) is 0 Å². The largest absolute Gasteiger partial charge is 0.495 e. The van der Waals surface area contributed by atoms with Gasteiger partial charge in [0.1, 0.15) is 11.5 Å². The lowest BCUT2D eigenvalue weighted by Crippen LogP contribution is -2.43. The van der Waals surface area contributed by atoms with Crippen molar-refractivity contribution < 1.29 is 27.5 Å². The van der Waals surface area contributed by atoms with E-state index in [1.807, 2.05) is 23.9 Å². The molecule has 0 heterocycles. The van der Waals surface area contributed by atoms with E-state index in [9.17, 15) is 18.0 Å². The molecule has 2 amide bonds. The molecule has 10 heteroatoms. The van der Waals surface area contributed by atoms with Crippen LogP contribution in [0, 0.1) is 6.92 Å². The van der Waals surface area contributed by atoms with Gasteiger partial charge >= 0.3 is 0 Å².